The van der Waals surface area contributed by atoms with Crippen LogP contribution in [0.2, 0.25) is 0 Å². The predicted octanol–water partition coefficient (Wildman–Crippen LogP) is 7.64. The van der Waals surface area contributed by atoms with E-state index in [0.29, 0.717) is 18.8 Å². The lowest BCUT2D eigenvalue weighted by atomic mass is 9.39. The van der Waals surface area contributed by atoms with Crippen molar-refractivity contribution in [2.75, 3.05) is 6.61 Å². The minimum absolute atomic E-state index is 0.0439. The maximum absolute atomic E-state index is 15.1. The number of ketones is 2. The Labute approximate surface area is 290 Å². The van der Waals surface area contributed by atoms with Crippen LogP contribution in [0.4, 0.5) is 0 Å². The molecule has 1 heterocycles. The molecule has 7 nitrogen and oxygen atoms in total. The number of esters is 1. The molecule has 0 aromatic heterocycles. The number of allylic oxidation sites excluding steroid dienone is 4. The number of hydrogen-bond acceptors (Lipinski definition) is 7. The molecule has 0 aromatic rings. The second-order valence-electron chi connectivity index (χ2n) is 17.4. The van der Waals surface area contributed by atoms with E-state index in [1.165, 1.54) is 12.0 Å². The first kappa shape index (κ1) is 34.6. The van der Waals surface area contributed by atoms with Crippen molar-refractivity contribution >= 4 is 17.5 Å². The molecule has 0 amide bonds. The summed E-state index contributed by atoms with van der Waals surface area (Å²) in [7, 11) is 0. The van der Waals surface area contributed by atoms with Gasteiger partial charge in [-0.2, -0.15) is 0 Å². The molecule has 0 spiro atoms. The summed E-state index contributed by atoms with van der Waals surface area (Å²) in [5, 5.41) is 5.95. The number of aliphatic hydroxyl groups excluding tert-OH is 1. The van der Waals surface area contributed by atoms with Crippen LogP contribution in [0.3, 0.4) is 0 Å². The van der Waals surface area contributed by atoms with Crippen molar-refractivity contribution in [1.82, 2.24) is 0 Å². The zero-order valence-electron chi connectivity index (χ0n) is 32.2. The molecule has 4 saturated carbocycles. The minimum Gasteiger partial charge on any atom is -0.457 e. The first-order valence-electron chi connectivity index (χ1n) is 19.7. The van der Waals surface area contributed by atoms with Crippen molar-refractivity contribution in [3.05, 3.63) is 22.8 Å². The molecule has 6 aliphatic rings. The SMILES string of the molecule is [2H]O[C@H]1C(C)[C@@]2(CC)[C@@H](C[C@H]3O[C@H](C4CCCCC4C)O[C@]32C(=O)COC(=O)C(C)C(C)C)[C@@H]2CCC3=CC(=O)C(C)=C(C)[C@]3(C(C)C)[C@H]21. The number of aliphatic hydroxyl groups is 1. The largest absolute Gasteiger partial charge is 0.457 e. The topological polar surface area (TPSA) is 99.1 Å². The lowest BCUT2D eigenvalue weighted by Gasteiger charge is -2.66. The van der Waals surface area contributed by atoms with Crippen LogP contribution in [0.5, 0.6) is 0 Å². The Balaban J connectivity index is 1.48. The highest BCUT2D eigenvalue weighted by Gasteiger charge is 2.80. The number of ether oxygens (including phenoxy) is 3. The van der Waals surface area contributed by atoms with E-state index in [9.17, 15) is 9.59 Å². The average Bonchev–Trinajstić information content (AvgIpc) is 3.58. The summed E-state index contributed by atoms with van der Waals surface area (Å²) in [6.45, 7) is 20.6. The monoisotopic (exact) mass is 667 g/mol. The van der Waals surface area contributed by atoms with Crippen LogP contribution in [-0.2, 0) is 28.6 Å². The van der Waals surface area contributed by atoms with E-state index in [2.05, 4.69) is 41.5 Å². The van der Waals surface area contributed by atoms with E-state index in [1.54, 1.807) is 0 Å². The zero-order chi connectivity index (χ0) is 35.8. The Morgan fingerprint density at radius 1 is 1.08 bits per heavy atom. The molecule has 0 aromatic carbocycles. The summed E-state index contributed by atoms with van der Waals surface area (Å²) in [4.78, 5) is 41.4. The van der Waals surface area contributed by atoms with Crippen LogP contribution >= 0.6 is 0 Å². The Kier molecular flexibility index (Phi) is 9.19. The number of carbonyl (C=O) groups excluding carboxylic acids is 3. The van der Waals surface area contributed by atoms with E-state index >= 15 is 4.79 Å². The third kappa shape index (κ3) is 4.71. The highest BCUT2D eigenvalue weighted by atomic mass is 16.7. The van der Waals surface area contributed by atoms with Gasteiger partial charge in [0.25, 0.3) is 0 Å². The molecule has 0 radical (unpaired) electrons. The van der Waals surface area contributed by atoms with Gasteiger partial charge in [-0.15, -0.1) is 0 Å². The molecule has 4 unspecified atom stereocenters. The molecule has 13 atom stereocenters. The smallest absolute Gasteiger partial charge is 0.309 e. The Morgan fingerprint density at radius 3 is 2.42 bits per heavy atom. The van der Waals surface area contributed by atoms with Crippen LogP contribution in [0.1, 0.15) is 121 Å². The van der Waals surface area contributed by atoms with Gasteiger partial charge in [-0.25, -0.2) is 0 Å². The number of hydrogen-bond donors (Lipinski definition) is 1. The van der Waals surface area contributed by atoms with Crippen LogP contribution < -0.4 is 0 Å². The average molecular weight is 668 g/mol. The number of rotatable bonds is 9. The van der Waals surface area contributed by atoms with Gasteiger partial charge in [0.1, 0.15) is 0 Å². The molecule has 5 fully saturated rings. The van der Waals surface area contributed by atoms with Crippen molar-refractivity contribution in [3.63, 3.8) is 0 Å². The standard InChI is InChI=1S/C41H62O7/c1-11-39-27(10)36(44)35-30(17-16-28-18-32(42)25(8)26(9)40(28,35)22(4)5)31(39)19-34-41(39,33(43)20-46-37(45)24(7)21(2)3)48-38(47-34)29-15-13-12-14-23(29)6/h18,21-24,27,29-31,34-36,38,44H,11-17,19-20H2,1-10H3/t23?,24?,27?,29?,30-,31-,34+,35+,36-,38-,39-,40-,41+/m0/s1/i44D. The molecule has 1 saturated heterocycles. The maximum atomic E-state index is 15.1. The van der Waals surface area contributed by atoms with Gasteiger partial charge in [0.05, 0.1) is 18.1 Å². The van der Waals surface area contributed by atoms with Gasteiger partial charge < -0.3 is 19.3 Å². The molecular formula is C41H62O7. The van der Waals surface area contributed by atoms with Gasteiger partial charge >= 0.3 is 5.97 Å². The fourth-order valence-corrected chi connectivity index (χ4v) is 12.5. The summed E-state index contributed by atoms with van der Waals surface area (Å²) in [6, 6.07) is 0. The van der Waals surface area contributed by atoms with E-state index in [4.69, 9.17) is 20.8 Å². The molecule has 6 rings (SSSR count). The third-order valence-electron chi connectivity index (χ3n) is 15.3. The van der Waals surface area contributed by atoms with Crippen LogP contribution in [-0.4, -0.2) is 54.8 Å². The Hall–Kier alpha value is -1.83. The lowest BCUT2D eigenvalue weighted by Crippen LogP contribution is -2.69. The molecule has 7 heteroatoms. The van der Waals surface area contributed by atoms with E-state index in [1.807, 2.05) is 33.8 Å². The van der Waals surface area contributed by atoms with Crippen molar-refractivity contribution in [3.8, 4) is 0 Å². The van der Waals surface area contributed by atoms with Gasteiger partial charge in [-0.1, -0.05) is 85.8 Å². The number of fused-ring (bicyclic) bond motifs is 7. The zero-order valence-corrected chi connectivity index (χ0v) is 31.2. The lowest BCUT2D eigenvalue weighted by molar-refractivity contribution is -0.241. The Morgan fingerprint density at radius 2 is 1.79 bits per heavy atom. The fraction of sp³-hybridized carbons (Fsp3) is 0.829. The molecule has 1 N–H and O–H groups in total. The summed E-state index contributed by atoms with van der Waals surface area (Å²) in [6.07, 6.45) is 7.80. The highest BCUT2D eigenvalue weighted by molar-refractivity contribution is 6.06. The normalized spacial score (nSPS) is 44.8. The van der Waals surface area contributed by atoms with Gasteiger partial charge in [-0.05, 0) is 93.1 Å². The van der Waals surface area contributed by atoms with E-state index in [0.717, 1.165) is 43.3 Å². The number of Topliss-reactive ketones (excluding diaryl/α,β-unsaturated/α-hetero) is 1. The first-order chi connectivity index (χ1) is 23.2. The van der Waals surface area contributed by atoms with Crippen LogP contribution in [0.25, 0.3) is 0 Å². The van der Waals surface area contributed by atoms with Gasteiger partial charge in [0.2, 0.25) is 7.21 Å². The quantitative estimate of drug-likeness (QED) is 0.252. The van der Waals surface area contributed by atoms with Gasteiger partial charge in [0, 0.05) is 22.7 Å². The van der Waals surface area contributed by atoms with Crippen molar-refractivity contribution in [2.24, 2.45) is 64.1 Å². The van der Waals surface area contributed by atoms with Crippen LogP contribution in [0.15, 0.2) is 22.8 Å². The van der Waals surface area contributed by atoms with Crippen molar-refractivity contribution in [2.45, 2.75) is 145 Å². The van der Waals surface area contributed by atoms with Crippen molar-refractivity contribution in [1.29, 1.82) is 1.43 Å². The van der Waals surface area contributed by atoms with Gasteiger partial charge in [-0.3, -0.25) is 14.4 Å². The fourth-order valence-electron chi connectivity index (χ4n) is 12.5. The van der Waals surface area contributed by atoms with Crippen LogP contribution in [0, 0.1) is 64.1 Å². The molecule has 48 heavy (non-hydrogen) atoms. The van der Waals surface area contributed by atoms with E-state index < -0.39 is 34.9 Å². The number of carbonyl (C=O) groups is 3. The maximum Gasteiger partial charge on any atom is 0.309 e. The third-order valence-corrected chi connectivity index (χ3v) is 15.3. The molecule has 1 aliphatic heterocycles. The summed E-state index contributed by atoms with van der Waals surface area (Å²) >= 11 is 0. The van der Waals surface area contributed by atoms with Gasteiger partial charge in [0.15, 0.2) is 24.3 Å². The predicted molar refractivity (Wildman–Crippen MR) is 185 cm³/mol. The molecule has 5 aliphatic carbocycles. The second-order valence-corrected chi connectivity index (χ2v) is 17.4. The second kappa shape index (κ2) is 12.7. The highest BCUT2D eigenvalue weighted by Crippen LogP contribution is 2.74. The minimum atomic E-state index is -1.32. The summed E-state index contributed by atoms with van der Waals surface area (Å²) < 4.78 is 28.9. The van der Waals surface area contributed by atoms with Crippen molar-refractivity contribution < 1.29 is 33.7 Å². The molecular weight excluding hydrogens is 604 g/mol. The molecule has 0 bridgehead atoms. The van der Waals surface area contributed by atoms with E-state index in [-0.39, 0.29) is 71.5 Å². The summed E-state index contributed by atoms with van der Waals surface area (Å²) in [5.74, 6) is -0.0407. The molecule has 268 valence electrons. The Bertz CT molecular complexity index is 1400. The first-order valence-corrected chi connectivity index (χ1v) is 19.2. The summed E-state index contributed by atoms with van der Waals surface area (Å²) in [5.41, 5.74) is 0.642.